The van der Waals surface area contributed by atoms with Crippen molar-refractivity contribution in [3.8, 4) is 0 Å². The van der Waals surface area contributed by atoms with Gasteiger partial charge in [-0.05, 0) is 6.54 Å². The molecule has 0 radical (unpaired) electrons. The molecule has 0 unspecified atom stereocenters. The summed E-state index contributed by atoms with van der Waals surface area (Å²) < 4.78 is 210. The molecule has 274 valence electrons. The molecule has 0 atom stereocenters. The zero-order chi connectivity index (χ0) is 34.1. The SMILES string of the molecule is C.C=CCN(C(F)(F)F)C(F)(F)F.C=C[CH2-].[CH2-]/C=C/CN(C(F)(F)F)C(F)(F)F.[CH2-]CCCN(C(F)(F)F)C(F)(F)F.[W].[W].[W]. The van der Waals surface area contributed by atoms with Crippen LogP contribution in [-0.2, 0) is 63.2 Å². The van der Waals surface area contributed by atoms with Gasteiger partial charge in [0.15, 0.2) is 0 Å². The van der Waals surface area contributed by atoms with Crippen molar-refractivity contribution >= 4 is 0 Å². The van der Waals surface area contributed by atoms with Crippen molar-refractivity contribution in [1.29, 1.82) is 0 Å². The van der Waals surface area contributed by atoms with E-state index < -0.39 is 72.1 Å². The third-order valence-electron chi connectivity index (χ3n) is 3.23. The van der Waals surface area contributed by atoms with Crippen LogP contribution in [0.1, 0.15) is 20.3 Å². The van der Waals surface area contributed by atoms with Crippen LogP contribution >= 0.6 is 0 Å². The zero-order valence-corrected chi connectivity index (χ0v) is 30.6. The number of rotatable bonds is 7. The number of unbranched alkanes of at least 4 members (excludes halogenated alkanes) is 1. The second-order valence-electron chi connectivity index (χ2n) is 6.44. The first-order chi connectivity index (χ1) is 18.0. The minimum Gasteiger partial charge on any atom is -0.343 e. The summed E-state index contributed by atoms with van der Waals surface area (Å²) in [5.41, 5.74) is 0. The quantitative estimate of drug-likeness (QED) is 0.109. The molecule has 0 aromatic heterocycles. The molecule has 0 saturated heterocycles. The van der Waals surface area contributed by atoms with E-state index in [4.69, 9.17) is 0 Å². The molecule has 3 nitrogen and oxygen atoms in total. The van der Waals surface area contributed by atoms with Crippen molar-refractivity contribution < 1.29 is 142 Å². The monoisotopic (exact) mass is 1220 g/mol. The Kier molecular flexibility index (Phi) is 38.8. The second kappa shape index (κ2) is 27.6. The minimum atomic E-state index is -5.42. The summed E-state index contributed by atoms with van der Waals surface area (Å²) in [6, 6.07) is 0. The van der Waals surface area contributed by atoms with E-state index in [1.165, 1.54) is 6.08 Å². The fraction of sp³-hybridized carbons (Fsp3) is 0.571. The molecule has 0 aromatic carbocycles. The van der Waals surface area contributed by atoms with Crippen molar-refractivity contribution in [2.75, 3.05) is 19.6 Å². The molecule has 0 amide bonds. The summed E-state index contributed by atoms with van der Waals surface area (Å²) >= 11 is 0. The smallest absolute Gasteiger partial charge is 0.343 e. The standard InChI is InChI=1S/C6H8F6N.C6H6F6N.C5H5F6N.C3H5.CH4.3W/c2*1-2-3-4-13(5(7,8)9)6(10,11)12;1-2-3-12(4(6,7)8)5(9,10)11;1-3-2;;;;/h1-4H2;2-3H,1,4H2;2H,1,3H2;3H,1-2H2;1H4;;;/q2*-1;;-1;;;;/b;3-2+;;;;;;. The average molecular weight is 1220 g/mol. The van der Waals surface area contributed by atoms with Crippen molar-refractivity contribution in [2.24, 2.45) is 0 Å². The summed E-state index contributed by atoms with van der Waals surface area (Å²) in [7, 11) is 0. The molecule has 0 aromatic rings. The summed E-state index contributed by atoms with van der Waals surface area (Å²) in [5.74, 6) is 0. The number of allylic oxidation sites excluding steroid dienone is 2. The van der Waals surface area contributed by atoms with E-state index in [1.807, 2.05) is 0 Å². The summed E-state index contributed by atoms with van der Waals surface area (Å²) in [5, 5.41) is 0. The third kappa shape index (κ3) is 34.8. The molecule has 0 aliphatic carbocycles. The molecule has 0 aliphatic heterocycles. The number of hydrogen-bond acceptors (Lipinski definition) is 3. The first kappa shape index (κ1) is 63.3. The van der Waals surface area contributed by atoms with Gasteiger partial charge in [0.05, 0.1) is 0 Å². The first-order valence-electron chi connectivity index (χ1n) is 9.97. The van der Waals surface area contributed by atoms with Gasteiger partial charge in [-0.25, -0.2) is 38.7 Å². The summed E-state index contributed by atoms with van der Waals surface area (Å²) in [6.45, 7) is 11.7. The minimum absolute atomic E-state index is 0. The van der Waals surface area contributed by atoms with Crippen molar-refractivity contribution in [1.82, 2.24) is 14.7 Å². The molecular weight excluding hydrogens is 1190 g/mol. The Morgan fingerprint density at radius 1 is 0.511 bits per heavy atom. The molecule has 0 saturated carbocycles. The predicted molar refractivity (Wildman–Crippen MR) is 118 cm³/mol. The molecule has 0 rings (SSSR count). The van der Waals surface area contributed by atoms with Crippen LogP contribution in [-0.4, -0.2) is 72.1 Å². The van der Waals surface area contributed by atoms with Gasteiger partial charge in [0.2, 0.25) is 0 Å². The average Bonchev–Trinajstić information content (AvgIpc) is 2.68. The Morgan fingerprint density at radius 3 is 0.911 bits per heavy atom. The summed E-state index contributed by atoms with van der Waals surface area (Å²) in [6.07, 6.45) is -29.1. The molecular formula is C21H28F18N3W3-3. The van der Waals surface area contributed by atoms with Crippen molar-refractivity contribution in [2.45, 2.75) is 58.1 Å². The number of alkyl halides is 18. The second-order valence-corrected chi connectivity index (χ2v) is 6.44. The normalized spacial score (nSPS) is 12.0. The summed E-state index contributed by atoms with van der Waals surface area (Å²) in [4.78, 5) is -4.56. The number of halogens is 18. The third-order valence-corrected chi connectivity index (χ3v) is 3.23. The van der Waals surface area contributed by atoms with E-state index in [1.54, 1.807) is 0 Å². The van der Waals surface area contributed by atoms with Crippen LogP contribution in [0.4, 0.5) is 79.0 Å². The Balaban J connectivity index is -0.0000000697. The van der Waals surface area contributed by atoms with Crippen LogP contribution in [0, 0.1) is 20.8 Å². The van der Waals surface area contributed by atoms with E-state index in [2.05, 4.69) is 33.9 Å². The molecule has 0 bridgehead atoms. The first-order valence-corrected chi connectivity index (χ1v) is 9.97. The van der Waals surface area contributed by atoms with Crippen LogP contribution < -0.4 is 0 Å². The van der Waals surface area contributed by atoms with Crippen LogP contribution in [0.3, 0.4) is 0 Å². The van der Waals surface area contributed by atoms with Gasteiger partial charge in [-0.1, -0.05) is 19.9 Å². The molecule has 0 aliphatic rings. The van der Waals surface area contributed by atoms with Crippen molar-refractivity contribution in [3.05, 3.63) is 58.2 Å². The largest absolute Gasteiger partial charge is 0.467 e. The molecule has 0 spiro atoms. The van der Waals surface area contributed by atoms with Gasteiger partial charge in [-0.15, -0.1) is 21.3 Å². The van der Waals surface area contributed by atoms with E-state index in [0.29, 0.717) is 12.2 Å². The number of hydrogen-bond donors (Lipinski definition) is 0. The molecule has 0 fully saturated rings. The van der Waals surface area contributed by atoms with Crippen LogP contribution in [0.5, 0.6) is 0 Å². The molecule has 24 heteroatoms. The maximum atomic E-state index is 11.7. The van der Waals surface area contributed by atoms with E-state index in [-0.39, 0.29) is 83.5 Å². The van der Waals surface area contributed by atoms with Gasteiger partial charge in [0, 0.05) is 76.3 Å². The molecule has 0 N–H and O–H groups in total. The van der Waals surface area contributed by atoms with Crippen LogP contribution in [0.15, 0.2) is 37.5 Å². The Labute approximate surface area is 291 Å². The fourth-order valence-corrected chi connectivity index (χ4v) is 1.68. The van der Waals surface area contributed by atoms with E-state index >= 15 is 0 Å². The van der Waals surface area contributed by atoms with Gasteiger partial charge < -0.3 is 6.92 Å². The topological polar surface area (TPSA) is 9.72 Å². The molecule has 0 heterocycles. The van der Waals surface area contributed by atoms with Gasteiger partial charge in [-0.3, -0.25) is 0 Å². The fourth-order valence-electron chi connectivity index (χ4n) is 1.68. The predicted octanol–water partition coefficient (Wildman–Crippen LogP) is 9.81. The zero-order valence-electron chi connectivity index (χ0n) is 21.8. The van der Waals surface area contributed by atoms with Gasteiger partial charge >= 0.3 is 37.8 Å². The van der Waals surface area contributed by atoms with Crippen molar-refractivity contribution in [3.63, 3.8) is 0 Å². The Hall–Kier alpha value is -0.355. The van der Waals surface area contributed by atoms with E-state index in [0.717, 1.165) is 6.08 Å². The van der Waals surface area contributed by atoms with Crippen LogP contribution in [0.2, 0.25) is 0 Å². The van der Waals surface area contributed by atoms with Crippen LogP contribution in [0.25, 0.3) is 0 Å². The van der Waals surface area contributed by atoms with Gasteiger partial charge in [-0.2, -0.15) is 85.4 Å². The van der Waals surface area contributed by atoms with Gasteiger partial charge in [0.25, 0.3) is 0 Å². The maximum Gasteiger partial charge on any atom is 0.467 e. The number of nitrogens with zero attached hydrogens (tertiary/aromatic N) is 3. The Bertz CT molecular complexity index is 687. The molecule has 45 heavy (non-hydrogen) atoms. The van der Waals surface area contributed by atoms with Gasteiger partial charge in [0.1, 0.15) is 0 Å². The Morgan fingerprint density at radius 2 is 0.756 bits per heavy atom. The van der Waals surface area contributed by atoms with E-state index in [9.17, 15) is 79.0 Å². The maximum absolute atomic E-state index is 11.7.